The highest BCUT2D eigenvalue weighted by molar-refractivity contribution is 4.85. The van der Waals surface area contributed by atoms with Crippen LogP contribution >= 0.6 is 0 Å². The first kappa shape index (κ1) is 8.79. The number of rotatable bonds is 6. The van der Waals surface area contributed by atoms with Gasteiger partial charge in [-0.25, -0.2) is 0 Å². The van der Waals surface area contributed by atoms with Gasteiger partial charge in [-0.3, -0.25) is 0 Å². The summed E-state index contributed by atoms with van der Waals surface area (Å²) in [6.07, 6.45) is 11.1. The van der Waals surface area contributed by atoms with E-state index in [9.17, 15) is 0 Å². The monoisotopic (exact) mass is 153 g/mol. The summed E-state index contributed by atoms with van der Waals surface area (Å²) in [7, 11) is 0. The van der Waals surface area contributed by atoms with Gasteiger partial charge in [0.2, 0.25) is 0 Å². The maximum Gasteiger partial charge on any atom is 0.00683 e. The van der Waals surface area contributed by atoms with Crippen LogP contribution in [0.15, 0.2) is 12.2 Å². The van der Waals surface area contributed by atoms with Crippen molar-refractivity contribution in [1.29, 1.82) is 0 Å². The van der Waals surface area contributed by atoms with Crippen LogP contribution in [0, 0.1) is 0 Å². The normalized spacial score (nSPS) is 17.9. The number of hydrogen-bond acceptors (Lipinski definition) is 1. The zero-order valence-electron chi connectivity index (χ0n) is 7.47. The molecule has 1 rings (SSSR count). The van der Waals surface area contributed by atoms with Crippen molar-refractivity contribution in [2.24, 2.45) is 0 Å². The molecule has 0 radical (unpaired) electrons. The first-order chi connectivity index (χ1) is 5.43. The average Bonchev–Trinajstić information content (AvgIpc) is 2.80. The zero-order chi connectivity index (χ0) is 7.94. The SMILES string of the molecule is CCCC=CCCNC1CC1. The third-order valence-corrected chi connectivity index (χ3v) is 1.94. The summed E-state index contributed by atoms with van der Waals surface area (Å²) in [5.74, 6) is 0. The maximum absolute atomic E-state index is 3.48. The summed E-state index contributed by atoms with van der Waals surface area (Å²) in [6, 6.07) is 0.870. The van der Waals surface area contributed by atoms with Crippen LogP contribution < -0.4 is 5.32 Å². The van der Waals surface area contributed by atoms with Gasteiger partial charge in [-0.05, 0) is 32.2 Å². The van der Waals surface area contributed by atoms with Gasteiger partial charge >= 0.3 is 0 Å². The third kappa shape index (κ3) is 5.02. The number of nitrogens with one attached hydrogen (secondary N) is 1. The van der Waals surface area contributed by atoms with E-state index in [0.29, 0.717) is 0 Å². The molecule has 1 fully saturated rings. The van der Waals surface area contributed by atoms with E-state index in [1.807, 2.05) is 0 Å². The van der Waals surface area contributed by atoms with Crippen LogP contribution in [0.4, 0.5) is 0 Å². The first-order valence-electron chi connectivity index (χ1n) is 4.82. The summed E-state index contributed by atoms with van der Waals surface area (Å²) in [5.41, 5.74) is 0. The second kappa shape index (κ2) is 5.36. The van der Waals surface area contributed by atoms with E-state index in [-0.39, 0.29) is 0 Å². The lowest BCUT2D eigenvalue weighted by Crippen LogP contribution is -2.16. The molecule has 0 aromatic rings. The van der Waals surface area contributed by atoms with Crippen LogP contribution in [0.25, 0.3) is 0 Å². The van der Waals surface area contributed by atoms with Gasteiger partial charge in [0.05, 0.1) is 0 Å². The van der Waals surface area contributed by atoms with Gasteiger partial charge in [-0.1, -0.05) is 25.5 Å². The quantitative estimate of drug-likeness (QED) is 0.456. The molecule has 0 aliphatic heterocycles. The number of hydrogen-bond donors (Lipinski definition) is 1. The average molecular weight is 153 g/mol. The molecule has 1 aliphatic carbocycles. The molecule has 64 valence electrons. The second-order valence-corrected chi connectivity index (χ2v) is 3.28. The van der Waals surface area contributed by atoms with E-state index in [1.54, 1.807) is 0 Å². The fourth-order valence-electron chi connectivity index (χ4n) is 1.06. The van der Waals surface area contributed by atoms with Crippen LogP contribution in [0.1, 0.15) is 39.0 Å². The van der Waals surface area contributed by atoms with Crippen LogP contribution in [-0.4, -0.2) is 12.6 Å². The molecule has 11 heavy (non-hydrogen) atoms. The fourth-order valence-corrected chi connectivity index (χ4v) is 1.06. The second-order valence-electron chi connectivity index (χ2n) is 3.28. The molecule has 0 atom stereocenters. The van der Waals surface area contributed by atoms with Gasteiger partial charge in [0.1, 0.15) is 0 Å². The van der Waals surface area contributed by atoms with E-state index in [1.165, 1.54) is 38.6 Å². The molecule has 0 spiro atoms. The lowest BCUT2D eigenvalue weighted by Gasteiger charge is -1.96. The Bertz CT molecular complexity index is 114. The molecule has 0 aromatic heterocycles. The standard InChI is InChI=1S/C10H19N/c1-2-3-4-5-6-9-11-10-7-8-10/h4-5,10-11H,2-3,6-9H2,1H3. The molecule has 1 aliphatic rings. The lowest BCUT2D eigenvalue weighted by atomic mass is 10.3. The van der Waals surface area contributed by atoms with E-state index in [2.05, 4.69) is 24.4 Å². The Balaban J connectivity index is 1.78. The minimum atomic E-state index is 0.870. The molecule has 0 aromatic carbocycles. The molecule has 1 saturated carbocycles. The summed E-state index contributed by atoms with van der Waals surface area (Å²) >= 11 is 0. The summed E-state index contributed by atoms with van der Waals surface area (Å²) in [6.45, 7) is 3.39. The minimum absolute atomic E-state index is 0.870. The number of unbranched alkanes of at least 4 members (excludes halogenated alkanes) is 1. The van der Waals surface area contributed by atoms with Crippen LogP contribution in [0.3, 0.4) is 0 Å². The Kier molecular flexibility index (Phi) is 4.29. The molecule has 1 heteroatoms. The summed E-state index contributed by atoms with van der Waals surface area (Å²) in [4.78, 5) is 0. The largest absolute Gasteiger partial charge is 0.314 e. The Morgan fingerprint density at radius 3 is 2.64 bits per heavy atom. The lowest BCUT2D eigenvalue weighted by molar-refractivity contribution is 0.689. The van der Waals surface area contributed by atoms with Crippen molar-refractivity contribution in [3.8, 4) is 0 Å². The minimum Gasteiger partial charge on any atom is -0.314 e. The van der Waals surface area contributed by atoms with Gasteiger partial charge < -0.3 is 5.32 Å². The van der Waals surface area contributed by atoms with Crippen molar-refractivity contribution < 1.29 is 0 Å². The summed E-state index contributed by atoms with van der Waals surface area (Å²) in [5, 5.41) is 3.48. The Labute approximate surface area is 69.9 Å². The molecule has 0 saturated heterocycles. The predicted octanol–water partition coefficient (Wildman–Crippen LogP) is 2.48. The van der Waals surface area contributed by atoms with Crippen LogP contribution in [-0.2, 0) is 0 Å². The van der Waals surface area contributed by atoms with Gasteiger partial charge in [0.25, 0.3) is 0 Å². The van der Waals surface area contributed by atoms with Crippen LogP contribution in [0.5, 0.6) is 0 Å². The van der Waals surface area contributed by atoms with E-state index in [4.69, 9.17) is 0 Å². The Hall–Kier alpha value is -0.300. The molecule has 1 nitrogen and oxygen atoms in total. The van der Waals surface area contributed by atoms with Crippen molar-refractivity contribution in [2.75, 3.05) is 6.54 Å². The predicted molar refractivity (Wildman–Crippen MR) is 49.7 cm³/mol. The third-order valence-electron chi connectivity index (χ3n) is 1.94. The topological polar surface area (TPSA) is 12.0 Å². The first-order valence-corrected chi connectivity index (χ1v) is 4.82. The Morgan fingerprint density at radius 1 is 1.27 bits per heavy atom. The van der Waals surface area contributed by atoms with Gasteiger partial charge in [-0.15, -0.1) is 0 Å². The highest BCUT2D eigenvalue weighted by atomic mass is 14.9. The fraction of sp³-hybridized carbons (Fsp3) is 0.800. The summed E-state index contributed by atoms with van der Waals surface area (Å²) < 4.78 is 0. The van der Waals surface area contributed by atoms with E-state index >= 15 is 0 Å². The highest BCUT2D eigenvalue weighted by Gasteiger charge is 2.18. The highest BCUT2D eigenvalue weighted by Crippen LogP contribution is 2.18. The van der Waals surface area contributed by atoms with Crippen molar-refractivity contribution in [2.45, 2.75) is 45.1 Å². The molecule has 0 heterocycles. The van der Waals surface area contributed by atoms with Gasteiger partial charge in [0.15, 0.2) is 0 Å². The molecule has 0 bridgehead atoms. The molecular weight excluding hydrogens is 134 g/mol. The molecule has 0 amide bonds. The maximum atomic E-state index is 3.48. The molecular formula is C10H19N. The molecule has 1 N–H and O–H groups in total. The van der Waals surface area contributed by atoms with Crippen molar-refractivity contribution in [1.82, 2.24) is 5.32 Å². The zero-order valence-corrected chi connectivity index (χ0v) is 7.47. The van der Waals surface area contributed by atoms with Crippen molar-refractivity contribution in [3.05, 3.63) is 12.2 Å². The smallest absolute Gasteiger partial charge is 0.00683 e. The van der Waals surface area contributed by atoms with E-state index < -0.39 is 0 Å². The van der Waals surface area contributed by atoms with Crippen molar-refractivity contribution in [3.63, 3.8) is 0 Å². The van der Waals surface area contributed by atoms with Gasteiger partial charge in [-0.2, -0.15) is 0 Å². The van der Waals surface area contributed by atoms with Crippen molar-refractivity contribution >= 4 is 0 Å². The van der Waals surface area contributed by atoms with Gasteiger partial charge in [0, 0.05) is 6.04 Å². The molecule has 0 unspecified atom stereocenters. The number of allylic oxidation sites excluding steroid dienone is 1. The van der Waals surface area contributed by atoms with E-state index in [0.717, 1.165) is 6.04 Å². The van der Waals surface area contributed by atoms with Crippen LogP contribution in [0.2, 0.25) is 0 Å². The Morgan fingerprint density at radius 2 is 2.00 bits per heavy atom.